The van der Waals surface area contributed by atoms with E-state index in [0.717, 1.165) is 12.0 Å². The van der Waals surface area contributed by atoms with Crippen molar-refractivity contribution in [3.8, 4) is 11.8 Å². The number of allylic oxidation sites excluding steroid dienone is 1. The number of rotatable bonds is 6. The first-order chi connectivity index (χ1) is 11.2. The number of nitriles is 1. The molecule has 2 aromatic rings. The predicted octanol–water partition coefficient (Wildman–Crippen LogP) is 4.45. The van der Waals surface area contributed by atoms with Crippen LogP contribution in [0.1, 0.15) is 24.5 Å². The van der Waals surface area contributed by atoms with Crippen LogP contribution in [-0.2, 0) is 0 Å². The van der Waals surface area contributed by atoms with E-state index in [1.165, 1.54) is 12.1 Å². The molecule has 0 amide bonds. The van der Waals surface area contributed by atoms with Crippen molar-refractivity contribution in [2.45, 2.75) is 13.3 Å². The fourth-order valence-corrected chi connectivity index (χ4v) is 2.04. The third-order valence-corrected chi connectivity index (χ3v) is 3.19. The fraction of sp³-hybridized carbons (Fsp3) is 0.167. The van der Waals surface area contributed by atoms with E-state index in [-0.39, 0.29) is 5.69 Å². The van der Waals surface area contributed by atoms with Crippen molar-refractivity contribution in [3.05, 3.63) is 69.8 Å². The summed E-state index contributed by atoms with van der Waals surface area (Å²) in [5.74, 6) is 0.712. The second-order valence-corrected chi connectivity index (χ2v) is 4.86. The summed E-state index contributed by atoms with van der Waals surface area (Å²) in [5.41, 5.74) is 1.85. The topological polar surface area (TPSA) is 76.2 Å². The van der Waals surface area contributed by atoms with E-state index in [9.17, 15) is 15.4 Å². The van der Waals surface area contributed by atoms with Crippen molar-refractivity contribution in [3.63, 3.8) is 0 Å². The molecule has 0 saturated carbocycles. The molecule has 0 saturated heterocycles. The first kappa shape index (κ1) is 16.2. The zero-order valence-electron chi connectivity index (χ0n) is 12.7. The molecule has 23 heavy (non-hydrogen) atoms. The van der Waals surface area contributed by atoms with Gasteiger partial charge >= 0.3 is 0 Å². The second-order valence-electron chi connectivity index (χ2n) is 4.86. The van der Waals surface area contributed by atoms with Gasteiger partial charge in [0, 0.05) is 17.7 Å². The molecule has 0 radical (unpaired) electrons. The van der Waals surface area contributed by atoms with E-state index in [1.807, 2.05) is 31.2 Å². The third-order valence-electron chi connectivity index (χ3n) is 3.19. The number of nitrogens with zero attached hydrogens (tertiary/aromatic N) is 2. The van der Waals surface area contributed by atoms with E-state index >= 15 is 0 Å². The number of ether oxygens (including phenoxy) is 1. The monoisotopic (exact) mass is 308 g/mol. The van der Waals surface area contributed by atoms with Gasteiger partial charge in [0.1, 0.15) is 5.75 Å². The maximum atomic E-state index is 10.7. The molecule has 0 spiro atoms. The average molecular weight is 308 g/mol. The second kappa shape index (κ2) is 7.76. The van der Waals surface area contributed by atoms with Gasteiger partial charge in [-0.05, 0) is 36.3 Å². The van der Waals surface area contributed by atoms with Crippen LogP contribution in [0.2, 0.25) is 0 Å². The molecule has 0 aliphatic rings. The van der Waals surface area contributed by atoms with Crippen molar-refractivity contribution in [1.29, 1.82) is 5.26 Å². The highest BCUT2D eigenvalue weighted by Crippen LogP contribution is 2.25. The van der Waals surface area contributed by atoms with Crippen LogP contribution in [0.4, 0.5) is 5.69 Å². The fourth-order valence-electron chi connectivity index (χ4n) is 2.04. The van der Waals surface area contributed by atoms with Crippen LogP contribution in [-0.4, -0.2) is 11.5 Å². The van der Waals surface area contributed by atoms with E-state index < -0.39 is 4.92 Å². The van der Waals surface area contributed by atoms with Crippen LogP contribution in [0, 0.1) is 21.4 Å². The maximum Gasteiger partial charge on any atom is 0.269 e. The van der Waals surface area contributed by atoms with Gasteiger partial charge in [-0.3, -0.25) is 10.1 Å². The third kappa shape index (κ3) is 4.17. The molecule has 0 bridgehead atoms. The van der Waals surface area contributed by atoms with E-state index in [2.05, 4.69) is 6.07 Å². The Bertz CT molecular complexity index is 759. The van der Waals surface area contributed by atoms with Gasteiger partial charge in [-0.1, -0.05) is 25.1 Å². The summed E-state index contributed by atoms with van der Waals surface area (Å²) in [5, 5.41) is 20.1. The van der Waals surface area contributed by atoms with Crippen LogP contribution in [0.5, 0.6) is 5.75 Å². The van der Waals surface area contributed by atoms with Gasteiger partial charge in [0.25, 0.3) is 5.69 Å². The lowest BCUT2D eigenvalue weighted by Crippen LogP contribution is -1.96. The Morgan fingerprint density at radius 2 is 1.96 bits per heavy atom. The van der Waals surface area contributed by atoms with Gasteiger partial charge in [0.05, 0.1) is 23.2 Å². The number of para-hydroxylation sites is 1. The summed E-state index contributed by atoms with van der Waals surface area (Å²) >= 11 is 0. The molecule has 2 rings (SSSR count). The first-order valence-electron chi connectivity index (χ1n) is 7.24. The average Bonchev–Trinajstić information content (AvgIpc) is 2.58. The van der Waals surface area contributed by atoms with Gasteiger partial charge < -0.3 is 4.74 Å². The Kier molecular flexibility index (Phi) is 5.48. The molecule has 0 N–H and O–H groups in total. The molecular formula is C18H16N2O3. The minimum absolute atomic E-state index is 0.00211. The molecule has 2 aromatic carbocycles. The Morgan fingerprint density at radius 1 is 1.26 bits per heavy atom. The molecule has 0 aliphatic heterocycles. The van der Waals surface area contributed by atoms with Crippen LogP contribution in [0.25, 0.3) is 11.6 Å². The molecule has 5 nitrogen and oxygen atoms in total. The van der Waals surface area contributed by atoms with Gasteiger partial charge in [-0.2, -0.15) is 5.26 Å². The van der Waals surface area contributed by atoms with Crippen LogP contribution < -0.4 is 4.74 Å². The van der Waals surface area contributed by atoms with Crippen LogP contribution in [0.3, 0.4) is 0 Å². The number of nitro benzene ring substituents is 1. The van der Waals surface area contributed by atoms with Crippen molar-refractivity contribution in [2.75, 3.05) is 6.61 Å². The molecule has 5 heteroatoms. The number of hydrogen-bond donors (Lipinski definition) is 0. The lowest BCUT2D eigenvalue weighted by atomic mass is 10.0. The smallest absolute Gasteiger partial charge is 0.269 e. The lowest BCUT2D eigenvalue weighted by molar-refractivity contribution is -0.384. The zero-order valence-corrected chi connectivity index (χ0v) is 12.7. The standard InChI is InChI=1S/C18H16N2O3/c1-2-11-23-18-6-4-3-5-15(18)12-16(13-19)14-7-9-17(10-8-14)20(21)22/h3-10,12H,2,11H2,1H3/b16-12+. The van der Waals surface area contributed by atoms with E-state index in [1.54, 1.807) is 18.2 Å². The highest BCUT2D eigenvalue weighted by atomic mass is 16.6. The molecule has 0 unspecified atom stereocenters. The maximum absolute atomic E-state index is 10.7. The molecule has 0 fully saturated rings. The Labute approximate surface area is 134 Å². The van der Waals surface area contributed by atoms with Crippen molar-refractivity contribution < 1.29 is 9.66 Å². The number of benzene rings is 2. The molecular weight excluding hydrogens is 292 g/mol. The van der Waals surface area contributed by atoms with Gasteiger partial charge in [-0.15, -0.1) is 0 Å². The summed E-state index contributed by atoms with van der Waals surface area (Å²) in [7, 11) is 0. The quantitative estimate of drug-likeness (QED) is 0.342. The SMILES string of the molecule is CCCOc1ccccc1/C=C(\C#N)c1ccc([N+](=O)[O-])cc1. The summed E-state index contributed by atoms with van der Waals surface area (Å²) in [4.78, 5) is 10.2. The molecule has 0 aliphatic carbocycles. The van der Waals surface area contributed by atoms with E-state index in [4.69, 9.17) is 4.74 Å². The van der Waals surface area contributed by atoms with Crippen molar-refractivity contribution in [1.82, 2.24) is 0 Å². The zero-order chi connectivity index (χ0) is 16.7. The minimum atomic E-state index is -0.465. The van der Waals surface area contributed by atoms with Crippen LogP contribution >= 0.6 is 0 Å². The summed E-state index contributed by atoms with van der Waals surface area (Å²) < 4.78 is 5.67. The van der Waals surface area contributed by atoms with Gasteiger partial charge in [-0.25, -0.2) is 0 Å². The van der Waals surface area contributed by atoms with Crippen LogP contribution in [0.15, 0.2) is 48.5 Å². The molecule has 0 heterocycles. The van der Waals surface area contributed by atoms with Gasteiger partial charge in [0.15, 0.2) is 0 Å². The minimum Gasteiger partial charge on any atom is -0.493 e. The lowest BCUT2D eigenvalue weighted by Gasteiger charge is -2.08. The summed E-state index contributed by atoms with van der Waals surface area (Å²) in [6, 6.07) is 15.5. The highest BCUT2D eigenvalue weighted by molar-refractivity contribution is 5.90. The number of non-ortho nitro benzene ring substituents is 1. The normalized spacial score (nSPS) is 10.9. The first-order valence-corrected chi connectivity index (χ1v) is 7.24. The highest BCUT2D eigenvalue weighted by Gasteiger charge is 2.08. The summed E-state index contributed by atoms with van der Waals surface area (Å²) in [6.07, 6.45) is 2.62. The molecule has 0 atom stereocenters. The van der Waals surface area contributed by atoms with Gasteiger partial charge in [0.2, 0.25) is 0 Å². The van der Waals surface area contributed by atoms with Crippen molar-refractivity contribution >= 4 is 17.3 Å². The molecule has 0 aromatic heterocycles. The largest absolute Gasteiger partial charge is 0.493 e. The van der Waals surface area contributed by atoms with E-state index in [0.29, 0.717) is 23.5 Å². The number of hydrogen-bond acceptors (Lipinski definition) is 4. The summed E-state index contributed by atoms with van der Waals surface area (Å²) in [6.45, 7) is 2.63. The Morgan fingerprint density at radius 3 is 2.57 bits per heavy atom. The van der Waals surface area contributed by atoms with Crippen molar-refractivity contribution in [2.24, 2.45) is 0 Å². The Balaban J connectivity index is 2.36. The predicted molar refractivity (Wildman–Crippen MR) is 88.8 cm³/mol. The Hall–Kier alpha value is -3.13. The molecule has 116 valence electrons. The number of nitro groups is 1.